The van der Waals surface area contributed by atoms with Gasteiger partial charge in [-0.25, -0.2) is 4.98 Å². The van der Waals surface area contributed by atoms with Crippen molar-refractivity contribution in [2.75, 3.05) is 0 Å². The summed E-state index contributed by atoms with van der Waals surface area (Å²) in [4.78, 5) is 17.8. The first-order valence-corrected chi connectivity index (χ1v) is 5.47. The first-order chi connectivity index (χ1) is 7.25. The van der Waals surface area contributed by atoms with E-state index in [-0.39, 0.29) is 4.87 Å². The van der Waals surface area contributed by atoms with E-state index >= 15 is 0 Å². The van der Waals surface area contributed by atoms with Crippen molar-refractivity contribution in [2.45, 2.75) is 13.1 Å². The minimum Gasteiger partial charge on any atom is -0.337 e. The minimum absolute atomic E-state index is 0.0104. The Balaban J connectivity index is 1.85. The van der Waals surface area contributed by atoms with Crippen LogP contribution in [0.15, 0.2) is 22.6 Å². The second-order valence-corrected chi connectivity index (χ2v) is 4.07. The van der Waals surface area contributed by atoms with Crippen LogP contribution in [0.3, 0.4) is 0 Å². The van der Waals surface area contributed by atoms with Gasteiger partial charge in [-0.15, -0.1) is 0 Å². The molecule has 5 nitrogen and oxygen atoms in total. The molecule has 0 aliphatic rings. The molecule has 0 saturated carbocycles. The van der Waals surface area contributed by atoms with Crippen LogP contribution in [0.2, 0.25) is 0 Å². The molecule has 15 heavy (non-hydrogen) atoms. The van der Waals surface area contributed by atoms with Gasteiger partial charge in [0.05, 0.1) is 6.54 Å². The molecular weight excluding hydrogens is 212 g/mol. The molecule has 0 bridgehead atoms. The number of nitrogens with one attached hydrogen (secondary N) is 2. The number of aromatic amines is 1. The lowest BCUT2D eigenvalue weighted by Gasteiger charge is -2.02. The third-order valence-electron chi connectivity index (χ3n) is 2.09. The number of rotatable bonds is 4. The largest absolute Gasteiger partial charge is 0.337 e. The highest BCUT2D eigenvalue weighted by atomic mass is 32.1. The van der Waals surface area contributed by atoms with Crippen molar-refractivity contribution in [3.63, 3.8) is 0 Å². The smallest absolute Gasteiger partial charge is 0.304 e. The molecular formula is C9H12N4OS. The Morgan fingerprint density at radius 2 is 2.47 bits per heavy atom. The molecule has 2 rings (SSSR count). The average molecular weight is 224 g/mol. The molecule has 2 aromatic rings. The second-order valence-electron chi connectivity index (χ2n) is 3.23. The van der Waals surface area contributed by atoms with Gasteiger partial charge in [-0.2, -0.15) is 0 Å². The van der Waals surface area contributed by atoms with Crippen LogP contribution in [-0.4, -0.2) is 14.5 Å². The van der Waals surface area contributed by atoms with E-state index in [0.717, 1.165) is 11.5 Å². The molecule has 0 saturated heterocycles. The Kier molecular flexibility index (Phi) is 2.98. The lowest BCUT2D eigenvalue weighted by atomic mass is 10.4. The molecule has 0 aliphatic carbocycles. The first kappa shape index (κ1) is 10.1. The first-order valence-electron chi connectivity index (χ1n) is 4.59. The summed E-state index contributed by atoms with van der Waals surface area (Å²) in [6.45, 7) is 1.35. The molecule has 0 unspecified atom stereocenters. The van der Waals surface area contributed by atoms with Gasteiger partial charge in [-0.3, -0.25) is 4.79 Å². The standard InChI is InChI=1S/C9H12N4OS/c1-13-3-2-11-8(13)5-10-4-7-6-15-9(14)12-7/h2-3,6,10H,4-5H2,1H3,(H,12,14). The zero-order chi connectivity index (χ0) is 10.7. The van der Waals surface area contributed by atoms with Gasteiger partial charge in [0.25, 0.3) is 0 Å². The summed E-state index contributed by atoms with van der Waals surface area (Å²) in [5, 5.41) is 5.04. The van der Waals surface area contributed by atoms with Gasteiger partial charge in [-0.1, -0.05) is 11.3 Å². The summed E-state index contributed by atoms with van der Waals surface area (Å²) in [5.41, 5.74) is 0.916. The van der Waals surface area contributed by atoms with Crippen LogP contribution >= 0.6 is 11.3 Å². The fourth-order valence-electron chi connectivity index (χ4n) is 1.28. The maximum Gasteiger partial charge on any atom is 0.304 e. The topological polar surface area (TPSA) is 62.7 Å². The van der Waals surface area contributed by atoms with Gasteiger partial charge in [0.1, 0.15) is 5.82 Å². The molecule has 0 aromatic carbocycles. The van der Waals surface area contributed by atoms with Crippen LogP contribution in [0.5, 0.6) is 0 Å². The molecule has 2 heterocycles. The third-order valence-corrected chi connectivity index (χ3v) is 2.81. The lowest BCUT2D eigenvalue weighted by Crippen LogP contribution is -2.16. The number of thiazole rings is 1. The molecule has 2 aromatic heterocycles. The Bertz CT molecular complexity index is 484. The fraction of sp³-hybridized carbons (Fsp3) is 0.333. The summed E-state index contributed by atoms with van der Waals surface area (Å²) < 4.78 is 1.96. The highest BCUT2D eigenvalue weighted by Crippen LogP contribution is 1.97. The van der Waals surface area contributed by atoms with Gasteiger partial charge in [-0.05, 0) is 0 Å². The van der Waals surface area contributed by atoms with Crippen molar-refractivity contribution in [2.24, 2.45) is 7.05 Å². The molecule has 80 valence electrons. The zero-order valence-corrected chi connectivity index (χ0v) is 9.17. The number of nitrogens with zero attached hydrogens (tertiary/aromatic N) is 2. The summed E-state index contributed by atoms with van der Waals surface area (Å²) in [6.07, 6.45) is 3.67. The quantitative estimate of drug-likeness (QED) is 0.793. The number of aromatic nitrogens is 3. The number of hydrogen-bond acceptors (Lipinski definition) is 4. The molecule has 0 fully saturated rings. The molecule has 0 radical (unpaired) electrons. The van der Waals surface area contributed by atoms with E-state index in [1.165, 1.54) is 11.3 Å². The Morgan fingerprint density at radius 1 is 1.60 bits per heavy atom. The Labute approximate surface area is 90.8 Å². The molecule has 2 N–H and O–H groups in total. The van der Waals surface area contributed by atoms with Crippen molar-refractivity contribution in [1.29, 1.82) is 0 Å². The maximum absolute atomic E-state index is 10.9. The van der Waals surface area contributed by atoms with E-state index in [4.69, 9.17) is 0 Å². The van der Waals surface area contributed by atoms with Crippen LogP contribution in [0.1, 0.15) is 11.5 Å². The van der Waals surface area contributed by atoms with E-state index in [2.05, 4.69) is 15.3 Å². The highest BCUT2D eigenvalue weighted by Gasteiger charge is 1.99. The Hall–Kier alpha value is -1.40. The van der Waals surface area contributed by atoms with Crippen molar-refractivity contribution < 1.29 is 0 Å². The number of H-pyrrole nitrogens is 1. The van der Waals surface area contributed by atoms with Gasteiger partial charge in [0.2, 0.25) is 0 Å². The molecule has 0 atom stereocenters. The van der Waals surface area contributed by atoms with Crippen molar-refractivity contribution >= 4 is 11.3 Å². The molecule has 0 aliphatic heterocycles. The number of imidazole rings is 1. The lowest BCUT2D eigenvalue weighted by molar-refractivity contribution is 0.632. The monoisotopic (exact) mass is 224 g/mol. The Morgan fingerprint density at radius 3 is 3.07 bits per heavy atom. The van der Waals surface area contributed by atoms with Crippen LogP contribution < -0.4 is 10.2 Å². The molecule has 0 amide bonds. The van der Waals surface area contributed by atoms with E-state index < -0.39 is 0 Å². The van der Waals surface area contributed by atoms with Crippen molar-refractivity contribution in [3.8, 4) is 0 Å². The normalized spacial score (nSPS) is 10.7. The number of aryl methyl sites for hydroxylation is 1. The maximum atomic E-state index is 10.9. The van der Waals surface area contributed by atoms with Crippen molar-refractivity contribution in [3.05, 3.63) is 39.0 Å². The van der Waals surface area contributed by atoms with Crippen LogP contribution in [0.25, 0.3) is 0 Å². The average Bonchev–Trinajstić information content (AvgIpc) is 2.77. The highest BCUT2D eigenvalue weighted by molar-refractivity contribution is 7.07. The van der Waals surface area contributed by atoms with Gasteiger partial charge in [0, 0.05) is 37.1 Å². The van der Waals surface area contributed by atoms with Gasteiger partial charge < -0.3 is 14.9 Å². The summed E-state index contributed by atoms with van der Waals surface area (Å²) in [5.74, 6) is 0.979. The van der Waals surface area contributed by atoms with Crippen LogP contribution in [0, 0.1) is 0 Å². The van der Waals surface area contributed by atoms with Crippen LogP contribution in [-0.2, 0) is 20.1 Å². The minimum atomic E-state index is -0.0104. The van der Waals surface area contributed by atoms with E-state index in [1.54, 1.807) is 6.20 Å². The van der Waals surface area contributed by atoms with E-state index in [9.17, 15) is 4.79 Å². The summed E-state index contributed by atoms with van der Waals surface area (Å²) in [7, 11) is 1.95. The third kappa shape index (κ3) is 2.54. The molecule has 6 heteroatoms. The number of hydrogen-bond donors (Lipinski definition) is 2. The molecule has 0 spiro atoms. The van der Waals surface area contributed by atoms with Gasteiger partial charge in [0.15, 0.2) is 0 Å². The van der Waals surface area contributed by atoms with E-state index in [1.807, 2.05) is 23.2 Å². The van der Waals surface area contributed by atoms with Crippen molar-refractivity contribution in [1.82, 2.24) is 19.9 Å². The summed E-state index contributed by atoms with van der Waals surface area (Å²) in [6, 6.07) is 0. The second kappa shape index (κ2) is 4.41. The zero-order valence-electron chi connectivity index (χ0n) is 8.36. The summed E-state index contributed by atoms with van der Waals surface area (Å²) >= 11 is 1.18. The predicted octanol–water partition coefficient (Wildman–Crippen LogP) is 0.460. The van der Waals surface area contributed by atoms with E-state index in [0.29, 0.717) is 13.1 Å². The SMILES string of the molecule is Cn1ccnc1CNCc1csc(=O)[nH]1. The fourth-order valence-corrected chi connectivity index (χ4v) is 1.86. The van der Waals surface area contributed by atoms with Crippen LogP contribution in [0.4, 0.5) is 0 Å². The predicted molar refractivity (Wildman–Crippen MR) is 58.7 cm³/mol. The van der Waals surface area contributed by atoms with Gasteiger partial charge >= 0.3 is 4.87 Å².